The Bertz CT molecular complexity index is 1290. The first-order valence-corrected chi connectivity index (χ1v) is 15.3. The van der Waals surface area contributed by atoms with Crippen molar-refractivity contribution in [2.75, 3.05) is 54.9 Å². The molecule has 0 saturated carbocycles. The number of anilines is 5. The Labute approximate surface area is 249 Å². The van der Waals surface area contributed by atoms with Gasteiger partial charge in [0.25, 0.3) is 0 Å². The molecule has 2 fully saturated rings. The average molecular weight is 579 g/mol. The van der Waals surface area contributed by atoms with E-state index in [1.54, 1.807) is 6.20 Å². The Hall–Kier alpha value is -3.07. The minimum atomic E-state index is 0.0266. The van der Waals surface area contributed by atoms with Crippen molar-refractivity contribution in [2.24, 2.45) is 5.92 Å². The molecule has 2 aromatic carbocycles. The van der Waals surface area contributed by atoms with Crippen LogP contribution in [-0.4, -0.2) is 66.4 Å². The third-order valence-electron chi connectivity index (χ3n) is 7.61. The molecule has 41 heavy (non-hydrogen) atoms. The van der Waals surface area contributed by atoms with E-state index < -0.39 is 0 Å². The van der Waals surface area contributed by atoms with Gasteiger partial charge in [-0.15, -0.1) is 0 Å². The lowest BCUT2D eigenvalue weighted by atomic mass is 10.0. The molecule has 0 atom stereocenters. The zero-order valence-electron chi connectivity index (χ0n) is 24.7. The van der Waals surface area contributed by atoms with Crippen molar-refractivity contribution in [3.8, 4) is 5.75 Å². The molecule has 2 N–H and O–H groups in total. The SMILES string of the molecule is CC(C)Cc1ccccc1Nc1nc(Nc2ccc(N3CCC(N4CCOCC4)CC3)cc2OC(C)C)ncc1Cl. The first kappa shape index (κ1) is 29.4. The van der Waals surface area contributed by atoms with Gasteiger partial charge in [-0.1, -0.05) is 43.6 Å². The number of hydrogen-bond donors (Lipinski definition) is 2. The molecule has 0 bridgehead atoms. The predicted octanol–water partition coefficient (Wildman–Crippen LogP) is 6.90. The smallest absolute Gasteiger partial charge is 0.229 e. The Morgan fingerprint density at radius 3 is 2.46 bits per heavy atom. The second-order valence-corrected chi connectivity index (χ2v) is 12.0. The number of nitrogens with one attached hydrogen (secondary N) is 2. The summed E-state index contributed by atoms with van der Waals surface area (Å²) in [6.07, 6.45) is 4.94. The molecule has 0 unspecified atom stereocenters. The van der Waals surface area contributed by atoms with Crippen LogP contribution in [0.25, 0.3) is 0 Å². The summed E-state index contributed by atoms with van der Waals surface area (Å²) in [4.78, 5) is 14.2. The molecule has 0 radical (unpaired) electrons. The first-order valence-electron chi connectivity index (χ1n) is 14.9. The topological polar surface area (TPSA) is 74.8 Å². The van der Waals surface area contributed by atoms with E-state index in [1.165, 1.54) is 11.3 Å². The number of hydrogen-bond acceptors (Lipinski definition) is 8. The summed E-state index contributed by atoms with van der Waals surface area (Å²) in [5.41, 5.74) is 4.22. The first-order chi connectivity index (χ1) is 19.9. The summed E-state index contributed by atoms with van der Waals surface area (Å²) in [6, 6.07) is 15.3. The van der Waals surface area contributed by atoms with Gasteiger partial charge >= 0.3 is 0 Å². The normalized spacial score (nSPS) is 16.8. The highest BCUT2D eigenvalue weighted by atomic mass is 35.5. The van der Waals surface area contributed by atoms with Crippen molar-refractivity contribution < 1.29 is 9.47 Å². The van der Waals surface area contributed by atoms with Gasteiger partial charge in [0.05, 0.1) is 31.2 Å². The molecule has 1 aromatic heterocycles. The van der Waals surface area contributed by atoms with E-state index in [0.29, 0.717) is 28.7 Å². The number of nitrogens with zero attached hydrogens (tertiary/aromatic N) is 4. The summed E-state index contributed by atoms with van der Waals surface area (Å²) in [5, 5.41) is 7.26. The van der Waals surface area contributed by atoms with Gasteiger partial charge in [0.2, 0.25) is 5.95 Å². The van der Waals surface area contributed by atoms with Gasteiger partial charge in [0, 0.05) is 49.7 Å². The molecule has 3 aromatic rings. The van der Waals surface area contributed by atoms with Gasteiger partial charge in [-0.05, 0) is 62.8 Å². The highest BCUT2D eigenvalue weighted by molar-refractivity contribution is 6.32. The van der Waals surface area contributed by atoms with E-state index >= 15 is 0 Å². The molecule has 2 aliphatic heterocycles. The number of halogens is 1. The highest BCUT2D eigenvalue weighted by Crippen LogP contribution is 2.35. The zero-order valence-corrected chi connectivity index (χ0v) is 25.5. The third-order valence-corrected chi connectivity index (χ3v) is 7.89. The fourth-order valence-electron chi connectivity index (χ4n) is 5.62. The molecule has 9 heteroatoms. The van der Waals surface area contributed by atoms with Crippen LogP contribution >= 0.6 is 11.6 Å². The minimum Gasteiger partial charge on any atom is -0.489 e. The molecule has 2 saturated heterocycles. The van der Waals surface area contributed by atoms with E-state index in [-0.39, 0.29) is 6.10 Å². The third kappa shape index (κ3) is 7.82. The predicted molar refractivity (Wildman–Crippen MR) is 168 cm³/mol. The van der Waals surface area contributed by atoms with E-state index in [9.17, 15) is 0 Å². The lowest BCUT2D eigenvalue weighted by Crippen LogP contribution is -2.49. The Balaban J connectivity index is 1.31. The molecule has 5 rings (SSSR count). The summed E-state index contributed by atoms with van der Waals surface area (Å²) in [6.45, 7) is 14.4. The maximum atomic E-state index is 6.52. The quantitative estimate of drug-likeness (QED) is 0.269. The van der Waals surface area contributed by atoms with Gasteiger partial charge < -0.3 is 25.0 Å². The molecule has 0 spiro atoms. The zero-order chi connectivity index (χ0) is 28.8. The van der Waals surface area contributed by atoms with Crippen LogP contribution < -0.4 is 20.3 Å². The van der Waals surface area contributed by atoms with Crippen LogP contribution in [0.1, 0.15) is 46.1 Å². The van der Waals surface area contributed by atoms with Crippen molar-refractivity contribution in [3.63, 3.8) is 0 Å². The lowest BCUT2D eigenvalue weighted by molar-refractivity contribution is 0.0115. The maximum Gasteiger partial charge on any atom is 0.229 e. The largest absolute Gasteiger partial charge is 0.489 e. The van der Waals surface area contributed by atoms with Crippen LogP contribution in [0.3, 0.4) is 0 Å². The maximum absolute atomic E-state index is 6.52. The summed E-state index contributed by atoms with van der Waals surface area (Å²) >= 11 is 6.52. The monoisotopic (exact) mass is 578 g/mol. The summed E-state index contributed by atoms with van der Waals surface area (Å²) < 4.78 is 11.8. The number of ether oxygens (including phenoxy) is 2. The number of piperidine rings is 1. The summed E-state index contributed by atoms with van der Waals surface area (Å²) in [7, 11) is 0. The van der Waals surface area contributed by atoms with Gasteiger partial charge in [0.15, 0.2) is 5.82 Å². The van der Waals surface area contributed by atoms with Crippen LogP contribution in [0.15, 0.2) is 48.7 Å². The Morgan fingerprint density at radius 1 is 0.976 bits per heavy atom. The molecule has 2 aliphatic rings. The minimum absolute atomic E-state index is 0.0266. The number of aromatic nitrogens is 2. The molecular formula is C32H43ClN6O2. The fraction of sp³-hybridized carbons (Fsp3) is 0.500. The second kappa shape index (κ2) is 13.7. The Kier molecular flexibility index (Phi) is 9.85. The van der Waals surface area contributed by atoms with Gasteiger partial charge in [-0.3, -0.25) is 4.90 Å². The lowest BCUT2D eigenvalue weighted by Gasteiger charge is -2.41. The molecule has 8 nitrogen and oxygen atoms in total. The van der Waals surface area contributed by atoms with Crippen LogP contribution in [0.5, 0.6) is 5.75 Å². The van der Waals surface area contributed by atoms with Gasteiger partial charge in [-0.25, -0.2) is 4.98 Å². The van der Waals surface area contributed by atoms with Crippen LogP contribution in [0, 0.1) is 5.92 Å². The molecule has 0 amide bonds. The van der Waals surface area contributed by atoms with Crippen molar-refractivity contribution >= 4 is 40.4 Å². The van der Waals surface area contributed by atoms with Crippen molar-refractivity contribution in [1.82, 2.24) is 14.9 Å². The highest BCUT2D eigenvalue weighted by Gasteiger charge is 2.26. The number of rotatable bonds is 10. The van der Waals surface area contributed by atoms with Crippen LogP contribution in [0.2, 0.25) is 5.02 Å². The molecular weight excluding hydrogens is 536 g/mol. The van der Waals surface area contributed by atoms with E-state index in [0.717, 1.165) is 75.8 Å². The standard InChI is InChI=1S/C32H43ClN6O2/c1-22(2)19-24-7-5-6-8-28(24)35-31-27(33)21-34-32(37-31)36-29-10-9-26(20-30(29)41-23(3)4)38-13-11-25(12-14-38)39-15-17-40-18-16-39/h5-10,20-23,25H,11-19H2,1-4H3,(H2,34,35,36,37). The molecule has 0 aliphatic carbocycles. The second-order valence-electron chi connectivity index (χ2n) is 11.6. The van der Waals surface area contributed by atoms with Crippen molar-refractivity contribution in [2.45, 2.75) is 59.1 Å². The number of morpholine rings is 1. The van der Waals surface area contributed by atoms with Crippen LogP contribution in [0.4, 0.5) is 28.8 Å². The Morgan fingerprint density at radius 2 is 1.73 bits per heavy atom. The van der Waals surface area contributed by atoms with E-state index in [1.807, 2.05) is 19.9 Å². The number of benzene rings is 2. The van der Waals surface area contributed by atoms with Crippen LogP contribution in [-0.2, 0) is 11.2 Å². The fourth-order valence-corrected chi connectivity index (χ4v) is 5.76. The molecule has 220 valence electrons. The van der Waals surface area contributed by atoms with E-state index in [4.69, 9.17) is 26.1 Å². The van der Waals surface area contributed by atoms with E-state index in [2.05, 4.69) is 75.7 Å². The number of para-hydroxylation sites is 1. The molecule has 3 heterocycles. The summed E-state index contributed by atoms with van der Waals surface area (Å²) in [5.74, 6) is 2.33. The van der Waals surface area contributed by atoms with Gasteiger partial charge in [0.1, 0.15) is 10.8 Å². The van der Waals surface area contributed by atoms with Crippen molar-refractivity contribution in [3.05, 3.63) is 59.2 Å². The van der Waals surface area contributed by atoms with Gasteiger partial charge in [-0.2, -0.15) is 4.98 Å². The average Bonchev–Trinajstić information content (AvgIpc) is 2.97. The van der Waals surface area contributed by atoms with Crippen molar-refractivity contribution in [1.29, 1.82) is 0 Å².